The van der Waals surface area contributed by atoms with E-state index in [-0.39, 0.29) is 32.9 Å². The predicted octanol–water partition coefficient (Wildman–Crippen LogP) is 1.64. The molecular weight excluding hydrogens is 240 g/mol. The van der Waals surface area contributed by atoms with Gasteiger partial charge in [0.1, 0.15) is 6.10 Å². The molecule has 1 unspecified atom stereocenters. The molecule has 0 heterocycles. The Kier molecular flexibility index (Phi) is 8.73. The lowest BCUT2D eigenvalue weighted by Crippen LogP contribution is -2.32. The third-order valence-corrected chi connectivity index (χ3v) is 2.15. The minimum atomic E-state index is -0.710. The smallest absolute Gasteiger partial charge is 0.101 e. The lowest BCUT2D eigenvalue weighted by Gasteiger charge is -2.26. The molecule has 0 rings (SSSR count). The summed E-state index contributed by atoms with van der Waals surface area (Å²) >= 11 is 0. The van der Waals surface area contributed by atoms with E-state index in [0.29, 0.717) is 0 Å². The van der Waals surface area contributed by atoms with Gasteiger partial charge in [0.05, 0.1) is 19.8 Å². The topological polar surface area (TPSA) is 136 Å². The Balaban J connectivity index is 4.22. The molecule has 0 aromatic heterocycles. The maximum Gasteiger partial charge on any atom is 0.101 e. The summed E-state index contributed by atoms with van der Waals surface area (Å²) < 4.78 is 10.1. The highest BCUT2D eigenvalue weighted by atomic mass is 16.5. The molecule has 0 radical (unpaired) electrons. The fourth-order valence-electron chi connectivity index (χ4n) is 1.23. The van der Waals surface area contributed by atoms with Crippen LogP contribution in [0.1, 0.15) is 6.92 Å². The SMILES string of the molecule is COCC(O)COCC(C)(CN=[N+]=[N-])CN=[N+]=[N-]. The second kappa shape index (κ2) is 9.52. The molecule has 0 saturated carbocycles. The zero-order valence-corrected chi connectivity index (χ0v) is 10.6. The van der Waals surface area contributed by atoms with E-state index in [2.05, 4.69) is 20.1 Å². The van der Waals surface area contributed by atoms with E-state index in [1.165, 1.54) is 7.11 Å². The minimum Gasteiger partial charge on any atom is -0.388 e. The van der Waals surface area contributed by atoms with Gasteiger partial charge in [-0.1, -0.05) is 17.2 Å². The Bertz CT molecular complexity index is 304. The van der Waals surface area contributed by atoms with E-state index >= 15 is 0 Å². The Morgan fingerprint density at radius 3 is 2.22 bits per heavy atom. The molecule has 0 fully saturated rings. The first-order valence-corrected chi connectivity index (χ1v) is 5.34. The van der Waals surface area contributed by atoms with Crippen molar-refractivity contribution < 1.29 is 14.6 Å². The number of ether oxygens (including phenoxy) is 2. The average molecular weight is 258 g/mol. The van der Waals surface area contributed by atoms with Crippen LogP contribution in [0.3, 0.4) is 0 Å². The van der Waals surface area contributed by atoms with Crippen LogP contribution in [0, 0.1) is 5.41 Å². The molecule has 0 saturated heterocycles. The van der Waals surface area contributed by atoms with E-state index in [0.717, 1.165) is 0 Å². The number of aliphatic hydroxyl groups is 1. The summed E-state index contributed by atoms with van der Waals surface area (Å²) in [7, 11) is 1.48. The molecule has 0 aromatic rings. The standard InChI is InChI=1S/C9H18N6O3/c1-9(5-12-14-10,6-13-15-11)7-18-4-8(16)3-17-2/h8,16H,3-7H2,1-2H3. The van der Waals surface area contributed by atoms with Gasteiger partial charge in [0.15, 0.2) is 0 Å². The summed E-state index contributed by atoms with van der Waals surface area (Å²) in [5.41, 5.74) is 16.0. The van der Waals surface area contributed by atoms with Crippen molar-refractivity contribution in [3.05, 3.63) is 20.9 Å². The van der Waals surface area contributed by atoms with Crippen LogP contribution in [0.2, 0.25) is 0 Å². The van der Waals surface area contributed by atoms with Gasteiger partial charge >= 0.3 is 0 Å². The highest BCUT2D eigenvalue weighted by molar-refractivity contribution is 4.80. The first-order chi connectivity index (χ1) is 8.58. The Morgan fingerprint density at radius 1 is 1.22 bits per heavy atom. The van der Waals surface area contributed by atoms with Crippen molar-refractivity contribution in [3.8, 4) is 0 Å². The van der Waals surface area contributed by atoms with Gasteiger partial charge < -0.3 is 14.6 Å². The van der Waals surface area contributed by atoms with Gasteiger partial charge in [-0.3, -0.25) is 0 Å². The molecule has 0 aromatic carbocycles. The third-order valence-electron chi connectivity index (χ3n) is 2.15. The van der Waals surface area contributed by atoms with E-state index in [9.17, 15) is 5.11 Å². The van der Waals surface area contributed by atoms with E-state index in [4.69, 9.17) is 20.5 Å². The van der Waals surface area contributed by atoms with Gasteiger partial charge in [-0.15, -0.1) is 0 Å². The molecule has 1 N–H and O–H groups in total. The molecule has 0 aliphatic heterocycles. The number of nitrogens with zero attached hydrogens (tertiary/aromatic N) is 6. The van der Waals surface area contributed by atoms with Gasteiger partial charge in [0, 0.05) is 35.4 Å². The van der Waals surface area contributed by atoms with Gasteiger partial charge in [-0.05, 0) is 11.1 Å². The summed E-state index contributed by atoms with van der Waals surface area (Å²) in [6.07, 6.45) is -0.710. The van der Waals surface area contributed by atoms with E-state index in [1.807, 2.05) is 0 Å². The first kappa shape index (κ1) is 16.5. The average Bonchev–Trinajstić information content (AvgIpc) is 2.34. The maximum atomic E-state index is 9.38. The molecular formula is C9H18N6O3. The number of rotatable bonds is 10. The van der Waals surface area contributed by atoms with Gasteiger partial charge in [-0.2, -0.15) is 0 Å². The lowest BCUT2D eigenvalue weighted by atomic mass is 9.92. The van der Waals surface area contributed by atoms with E-state index in [1.54, 1.807) is 6.92 Å². The lowest BCUT2D eigenvalue weighted by molar-refractivity contribution is -0.0267. The van der Waals surface area contributed by atoms with Crippen molar-refractivity contribution in [2.75, 3.05) is 40.0 Å². The van der Waals surface area contributed by atoms with Crippen LogP contribution in [0.15, 0.2) is 10.2 Å². The van der Waals surface area contributed by atoms with Crippen LogP contribution in [0.4, 0.5) is 0 Å². The highest BCUT2D eigenvalue weighted by Crippen LogP contribution is 2.18. The van der Waals surface area contributed by atoms with Gasteiger partial charge in [0.2, 0.25) is 0 Å². The van der Waals surface area contributed by atoms with Crippen molar-refractivity contribution in [1.29, 1.82) is 0 Å². The molecule has 0 aliphatic rings. The highest BCUT2D eigenvalue weighted by Gasteiger charge is 2.23. The zero-order valence-electron chi connectivity index (χ0n) is 10.6. The summed E-state index contributed by atoms with van der Waals surface area (Å²) in [4.78, 5) is 5.33. The van der Waals surface area contributed by atoms with Gasteiger partial charge in [0.25, 0.3) is 0 Å². The van der Waals surface area contributed by atoms with Crippen molar-refractivity contribution in [2.24, 2.45) is 15.6 Å². The maximum absolute atomic E-state index is 9.38. The Morgan fingerprint density at radius 2 is 1.78 bits per heavy atom. The second-order valence-corrected chi connectivity index (χ2v) is 4.21. The molecule has 1 atom stereocenters. The van der Waals surface area contributed by atoms with E-state index < -0.39 is 11.5 Å². The summed E-state index contributed by atoms with van der Waals surface area (Å²) in [5.74, 6) is 0. The van der Waals surface area contributed by atoms with Crippen molar-refractivity contribution in [1.82, 2.24) is 0 Å². The van der Waals surface area contributed by atoms with Crippen LogP contribution in [0.25, 0.3) is 20.9 Å². The number of hydrogen-bond donors (Lipinski definition) is 1. The quantitative estimate of drug-likeness (QED) is 0.362. The largest absolute Gasteiger partial charge is 0.388 e. The number of methoxy groups -OCH3 is 1. The second-order valence-electron chi connectivity index (χ2n) is 4.21. The summed E-state index contributed by atoms with van der Waals surface area (Å²) in [6.45, 7) is 2.59. The third kappa shape index (κ3) is 7.72. The van der Waals surface area contributed by atoms with Crippen LogP contribution in [-0.4, -0.2) is 51.2 Å². The first-order valence-electron chi connectivity index (χ1n) is 5.34. The molecule has 0 amide bonds. The Hall–Kier alpha value is -1.50. The monoisotopic (exact) mass is 258 g/mol. The molecule has 18 heavy (non-hydrogen) atoms. The molecule has 9 heteroatoms. The number of azide groups is 2. The number of aliphatic hydroxyl groups excluding tert-OH is 1. The Labute approximate surface area is 105 Å². The molecule has 9 nitrogen and oxygen atoms in total. The van der Waals surface area contributed by atoms with Crippen LogP contribution in [0.5, 0.6) is 0 Å². The molecule has 0 spiro atoms. The van der Waals surface area contributed by atoms with Crippen LogP contribution < -0.4 is 0 Å². The molecule has 0 bridgehead atoms. The van der Waals surface area contributed by atoms with Crippen molar-refractivity contribution in [2.45, 2.75) is 13.0 Å². The zero-order chi connectivity index (χ0) is 13.9. The fraction of sp³-hybridized carbons (Fsp3) is 1.00. The number of hydrogen-bond acceptors (Lipinski definition) is 5. The van der Waals surface area contributed by atoms with Crippen molar-refractivity contribution in [3.63, 3.8) is 0 Å². The minimum absolute atomic E-state index is 0.107. The summed E-state index contributed by atoms with van der Waals surface area (Å²) in [6, 6.07) is 0. The predicted molar refractivity (Wildman–Crippen MR) is 64.8 cm³/mol. The molecule has 0 aliphatic carbocycles. The molecule has 102 valence electrons. The van der Waals surface area contributed by atoms with Gasteiger partial charge in [-0.25, -0.2) is 0 Å². The van der Waals surface area contributed by atoms with Crippen molar-refractivity contribution >= 4 is 0 Å². The fourth-order valence-corrected chi connectivity index (χ4v) is 1.23. The normalized spacial score (nSPS) is 15.1. The van der Waals surface area contributed by atoms with Crippen LogP contribution in [-0.2, 0) is 9.47 Å². The van der Waals surface area contributed by atoms with Crippen LogP contribution >= 0.6 is 0 Å². The summed E-state index contributed by atoms with van der Waals surface area (Å²) in [5, 5.41) is 16.3.